The van der Waals surface area contributed by atoms with Crippen molar-refractivity contribution in [2.24, 2.45) is 5.41 Å². The van der Waals surface area contributed by atoms with Crippen LogP contribution in [0, 0.1) is 5.41 Å². The van der Waals surface area contributed by atoms with Crippen LogP contribution in [-0.4, -0.2) is 18.2 Å². The van der Waals surface area contributed by atoms with E-state index in [2.05, 4.69) is 26.1 Å². The average molecular weight is 185 g/mol. The van der Waals surface area contributed by atoms with E-state index < -0.39 is 0 Å². The molecule has 1 atom stereocenters. The van der Waals surface area contributed by atoms with Crippen LogP contribution < -0.4 is 5.32 Å². The Bertz CT molecular complexity index is 192. The summed E-state index contributed by atoms with van der Waals surface area (Å²) in [5, 5.41) is 2.80. The van der Waals surface area contributed by atoms with Crippen molar-refractivity contribution < 1.29 is 9.53 Å². The minimum Gasteiger partial charge on any atom is -0.446 e. The Morgan fingerprint density at radius 1 is 1.46 bits per heavy atom. The van der Waals surface area contributed by atoms with Gasteiger partial charge in [-0.25, -0.2) is 4.79 Å². The molecule has 0 heterocycles. The molecule has 0 bridgehead atoms. The molecule has 1 amide bonds. The number of alkyl carbamates (subject to hydrolysis) is 1. The minimum absolute atomic E-state index is 0.0148. The predicted octanol–water partition coefficient (Wildman–Crippen LogP) is 2.31. The largest absolute Gasteiger partial charge is 0.446 e. The summed E-state index contributed by atoms with van der Waals surface area (Å²) in [6.45, 7) is 8.10. The summed E-state index contributed by atoms with van der Waals surface area (Å²) in [5.74, 6) is 0. The van der Waals surface area contributed by atoms with Crippen LogP contribution in [0.2, 0.25) is 0 Å². The lowest BCUT2D eigenvalue weighted by molar-refractivity contribution is 0.0435. The molecule has 0 aromatic carbocycles. The molecule has 0 unspecified atom stereocenters. The van der Waals surface area contributed by atoms with Crippen LogP contribution in [0.1, 0.15) is 40.5 Å². The second-order valence-corrected chi connectivity index (χ2v) is 4.83. The highest BCUT2D eigenvalue weighted by molar-refractivity contribution is 5.68. The highest BCUT2D eigenvalue weighted by Gasteiger charge is 2.27. The molecule has 1 aliphatic rings. The van der Waals surface area contributed by atoms with E-state index in [1.165, 1.54) is 0 Å². The van der Waals surface area contributed by atoms with E-state index in [4.69, 9.17) is 4.74 Å². The van der Waals surface area contributed by atoms with Crippen molar-refractivity contribution in [1.82, 2.24) is 5.32 Å². The minimum atomic E-state index is -0.273. The molecule has 3 heteroatoms. The molecule has 1 saturated carbocycles. The molecule has 0 spiro atoms. The summed E-state index contributed by atoms with van der Waals surface area (Å²) < 4.78 is 5.22. The third-order valence-corrected chi connectivity index (χ3v) is 2.40. The van der Waals surface area contributed by atoms with Gasteiger partial charge in [-0.2, -0.15) is 0 Å². The van der Waals surface area contributed by atoms with Crippen LogP contribution in [0.5, 0.6) is 0 Å². The standard InChI is InChI=1S/C10H19NO2/c1-7(10(2,3)4)13-9(12)11-8-5-6-8/h7-8H,5-6H2,1-4H3,(H,11,12)/t7-/m1/s1. The van der Waals surface area contributed by atoms with Crippen LogP contribution in [0.4, 0.5) is 4.79 Å². The van der Waals surface area contributed by atoms with Gasteiger partial charge in [0.1, 0.15) is 6.10 Å². The van der Waals surface area contributed by atoms with E-state index >= 15 is 0 Å². The van der Waals surface area contributed by atoms with E-state index in [0.29, 0.717) is 6.04 Å². The maximum Gasteiger partial charge on any atom is 0.407 e. The van der Waals surface area contributed by atoms with Gasteiger partial charge in [-0.1, -0.05) is 20.8 Å². The number of nitrogens with one attached hydrogen (secondary N) is 1. The fourth-order valence-corrected chi connectivity index (χ4v) is 0.766. The third-order valence-electron chi connectivity index (χ3n) is 2.40. The number of rotatable bonds is 2. The van der Waals surface area contributed by atoms with Crippen molar-refractivity contribution in [3.05, 3.63) is 0 Å². The quantitative estimate of drug-likeness (QED) is 0.717. The predicted molar refractivity (Wildman–Crippen MR) is 51.6 cm³/mol. The maximum atomic E-state index is 11.2. The molecule has 1 aliphatic carbocycles. The average Bonchev–Trinajstić information content (AvgIpc) is 2.68. The van der Waals surface area contributed by atoms with Gasteiger partial charge in [0.05, 0.1) is 0 Å². The van der Waals surface area contributed by atoms with Crippen molar-refractivity contribution in [1.29, 1.82) is 0 Å². The van der Waals surface area contributed by atoms with Crippen LogP contribution in [0.25, 0.3) is 0 Å². The highest BCUT2D eigenvalue weighted by Crippen LogP contribution is 2.23. The van der Waals surface area contributed by atoms with E-state index in [-0.39, 0.29) is 17.6 Å². The molecule has 0 saturated heterocycles. The Hall–Kier alpha value is -0.730. The summed E-state index contributed by atoms with van der Waals surface area (Å²) in [5.41, 5.74) is 0.0148. The summed E-state index contributed by atoms with van der Waals surface area (Å²) in [4.78, 5) is 11.2. The molecule has 0 aromatic heterocycles. The first-order chi connectivity index (χ1) is 5.89. The number of carbonyl (C=O) groups is 1. The van der Waals surface area contributed by atoms with Gasteiger partial charge in [0.15, 0.2) is 0 Å². The Morgan fingerprint density at radius 2 is 2.00 bits per heavy atom. The van der Waals surface area contributed by atoms with Gasteiger partial charge in [-0.3, -0.25) is 0 Å². The first kappa shape index (κ1) is 10.4. The topological polar surface area (TPSA) is 38.3 Å². The second kappa shape index (κ2) is 3.56. The van der Waals surface area contributed by atoms with Crippen molar-refractivity contribution in [3.63, 3.8) is 0 Å². The molecule has 13 heavy (non-hydrogen) atoms. The molecular weight excluding hydrogens is 166 g/mol. The SMILES string of the molecule is C[C@@H](OC(=O)NC1CC1)C(C)(C)C. The van der Waals surface area contributed by atoms with Gasteiger partial charge in [0.25, 0.3) is 0 Å². The van der Waals surface area contributed by atoms with E-state index in [9.17, 15) is 4.79 Å². The zero-order chi connectivity index (χ0) is 10.1. The fourth-order valence-electron chi connectivity index (χ4n) is 0.766. The molecule has 1 N–H and O–H groups in total. The van der Waals surface area contributed by atoms with Crippen LogP contribution in [0.15, 0.2) is 0 Å². The van der Waals surface area contributed by atoms with Gasteiger partial charge in [0, 0.05) is 6.04 Å². The Labute approximate surface area is 79.8 Å². The first-order valence-electron chi connectivity index (χ1n) is 4.87. The van der Waals surface area contributed by atoms with Crippen molar-refractivity contribution in [2.45, 2.75) is 52.7 Å². The number of amides is 1. The zero-order valence-corrected chi connectivity index (χ0v) is 8.89. The smallest absolute Gasteiger partial charge is 0.407 e. The van der Waals surface area contributed by atoms with Crippen LogP contribution in [0.3, 0.4) is 0 Å². The normalized spacial score (nSPS) is 19.4. The monoisotopic (exact) mass is 185 g/mol. The Kier molecular flexibility index (Phi) is 2.84. The van der Waals surface area contributed by atoms with E-state index in [1.807, 2.05) is 6.92 Å². The molecule has 0 aromatic rings. The lowest BCUT2D eigenvalue weighted by atomic mass is 9.90. The van der Waals surface area contributed by atoms with Gasteiger partial charge in [-0.05, 0) is 25.2 Å². The summed E-state index contributed by atoms with van der Waals surface area (Å²) in [7, 11) is 0. The van der Waals surface area contributed by atoms with E-state index in [1.54, 1.807) is 0 Å². The number of carbonyl (C=O) groups excluding carboxylic acids is 1. The number of ether oxygens (including phenoxy) is 1. The van der Waals surface area contributed by atoms with Gasteiger partial charge < -0.3 is 10.1 Å². The molecular formula is C10H19NO2. The van der Waals surface area contributed by atoms with Gasteiger partial charge >= 0.3 is 6.09 Å². The number of hydrogen-bond acceptors (Lipinski definition) is 2. The fraction of sp³-hybridized carbons (Fsp3) is 0.900. The third kappa shape index (κ3) is 3.66. The molecule has 3 nitrogen and oxygen atoms in total. The Morgan fingerprint density at radius 3 is 2.38 bits per heavy atom. The first-order valence-corrected chi connectivity index (χ1v) is 4.87. The van der Waals surface area contributed by atoms with Crippen molar-refractivity contribution in [2.75, 3.05) is 0 Å². The summed E-state index contributed by atoms with van der Waals surface area (Å²) in [6.07, 6.45) is 1.87. The van der Waals surface area contributed by atoms with Gasteiger partial charge in [0.2, 0.25) is 0 Å². The lowest BCUT2D eigenvalue weighted by Gasteiger charge is -2.26. The molecule has 76 valence electrons. The number of hydrogen-bond donors (Lipinski definition) is 1. The molecule has 0 radical (unpaired) electrons. The van der Waals surface area contributed by atoms with Gasteiger partial charge in [-0.15, -0.1) is 0 Å². The maximum absolute atomic E-state index is 11.2. The molecule has 1 rings (SSSR count). The molecule has 0 aliphatic heterocycles. The lowest BCUT2D eigenvalue weighted by Crippen LogP contribution is -2.35. The Balaban J connectivity index is 2.25. The van der Waals surface area contributed by atoms with Crippen molar-refractivity contribution in [3.8, 4) is 0 Å². The van der Waals surface area contributed by atoms with Crippen molar-refractivity contribution >= 4 is 6.09 Å². The zero-order valence-electron chi connectivity index (χ0n) is 8.89. The van der Waals surface area contributed by atoms with Crippen LogP contribution in [-0.2, 0) is 4.74 Å². The summed E-state index contributed by atoms with van der Waals surface area (Å²) >= 11 is 0. The molecule has 1 fully saturated rings. The second-order valence-electron chi connectivity index (χ2n) is 4.83. The highest BCUT2D eigenvalue weighted by atomic mass is 16.6. The van der Waals surface area contributed by atoms with E-state index in [0.717, 1.165) is 12.8 Å². The summed E-state index contributed by atoms with van der Waals surface area (Å²) in [6, 6.07) is 0.375. The van der Waals surface area contributed by atoms with Crippen LogP contribution >= 0.6 is 0 Å².